The molecule has 2 rings (SSSR count). The number of hydrogen-bond acceptors (Lipinski definition) is 2. The number of anilines is 2. The highest BCUT2D eigenvalue weighted by Crippen LogP contribution is 2.30. The Bertz CT molecular complexity index is 499. The average molecular weight is 247 g/mol. The fourth-order valence-electron chi connectivity index (χ4n) is 2.14. The number of urea groups is 1. The van der Waals surface area contributed by atoms with Gasteiger partial charge >= 0.3 is 6.03 Å². The molecule has 0 unspecified atom stereocenters. The second-order valence-electron chi connectivity index (χ2n) is 4.38. The Morgan fingerprint density at radius 1 is 1.39 bits per heavy atom. The first-order valence-electron chi connectivity index (χ1n) is 5.89. The molecule has 1 aromatic carbocycles. The molecule has 0 saturated heterocycles. The summed E-state index contributed by atoms with van der Waals surface area (Å²) in [6, 6.07) is 5.55. The zero-order valence-electron chi connectivity index (χ0n) is 10.9. The van der Waals surface area contributed by atoms with Gasteiger partial charge in [0.25, 0.3) is 0 Å². The van der Waals surface area contributed by atoms with Crippen molar-refractivity contribution in [2.75, 3.05) is 30.9 Å². The summed E-state index contributed by atoms with van der Waals surface area (Å²) >= 11 is 0. The van der Waals surface area contributed by atoms with E-state index in [0.717, 1.165) is 23.4 Å². The van der Waals surface area contributed by atoms with Gasteiger partial charge in [0.2, 0.25) is 5.91 Å². The second kappa shape index (κ2) is 4.68. The van der Waals surface area contributed by atoms with Gasteiger partial charge in [-0.25, -0.2) is 4.79 Å². The number of fused-ring (bicyclic) bond motifs is 1. The van der Waals surface area contributed by atoms with E-state index in [-0.39, 0.29) is 11.9 Å². The van der Waals surface area contributed by atoms with Crippen molar-refractivity contribution < 1.29 is 9.59 Å². The quantitative estimate of drug-likeness (QED) is 0.815. The topological polar surface area (TPSA) is 52.7 Å². The molecule has 96 valence electrons. The summed E-state index contributed by atoms with van der Waals surface area (Å²) in [5.74, 6) is 0.134. The number of amides is 3. The highest BCUT2D eigenvalue weighted by molar-refractivity contribution is 5.97. The van der Waals surface area contributed by atoms with E-state index in [1.165, 1.54) is 0 Å². The molecule has 0 radical (unpaired) electrons. The van der Waals surface area contributed by atoms with E-state index in [1.54, 1.807) is 30.9 Å². The van der Waals surface area contributed by atoms with E-state index >= 15 is 0 Å². The van der Waals surface area contributed by atoms with Gasteiger partial charge in [-0.05, 0) is 30.2 Å². The molecule has 0 atom stereocenters. The van der Waals surface area contributed by atoms with Gasteiger partial charge in [0.1, 0.15) is 0 Å². The van der Waals surface area contributed by atoms with Crippen molar-refractivity contribution in [1.82, 2.24) is 5.32 Å². The molecule has 1 aliphatic heterocycles. The summed E-state index contributed by atoms with van der Waals surface area (Å²) in [5.41, 5.74) is 2.86. The molecule has 0 fully saturated rings. The third-order valence-electron chi connectivity index (χ3n) is 3.31. The van der Waals surface area contributed by atoms with E-state index in [2.05, 4.69) is 5.32 Å². The minimum absolute atomic E-state index is 0.134. The lowest BCUT2D eigenvalue weighted by Gasteiger charge is -2.27. The Morgan fingerprint density at radius 2 is 2.11 bits per heavy atom. The van der Waals surface area contributed by atoms with Gasteiger partial charge in [-0.1, -0.05) is 0 Å². The van der Waals surface area contributed by atoms with E-state index < -0.39 is 0 Å². The van der Waals surface area contributed by atoms with Crippen LogP contribution in [-0.4, -0.2) is 33.1 Å². The predicted octanol–water partition coefficient (Wildman–Crippen LogP) is 1.37. The molecule has 1 aliphatic rings. The number of rotatable bonds is 1. The molecule has 1 heterocycles. The number of hydrogen-bond donors (Lipinski definition) is 1. The zero-order chi connectivity index (χ0) is 13.3. The van der Waals surface area contributed by atoms with E-state index in [4.69, 9.17) is 0 Å². The number of benzene rings is 1. The molecule has 0 spiro atoms. The molecule has 18 heavy (non-hydrogen) atoms. The Hall–Kier alpha value is -2.04. The van der Waals surface area contributed by atoms with Gasteiger partial charge < -0.3 is 10.2 Å². The van der Waals surface area contributed by atoms with Gasteiger partial charge in [0.05, 0.1) is 0 Å². The Balaban J connectivity index is 2.33. The van der Waals surface area contributed by atoms with Crippen LogP contribution in [0.1, 0.15) is 12.0 Å². The summed E-state index contributed by atoms with van der Waals surface area (Å²) in [5, 5.41) is 2.58. The predicted molar refractivity (Wildman–Crippen MR) is 71.0 cm³/mol. The first-order valence-corrected chi connectivity index (χ1v) is 5.89. The van der Waals surface area contributed by atoms with Crippen LogP contribution >= 0.6 is 0 Å². The van der Waals surface area contributed by atoms with Crippen molar-refractivity contribution in [2.45, 2.75) is 12.8 Å². The minimum atomic E-state index is -0.157. The van der Waals surface area contributed by atoms with E-state index in [0.29, 0.717) is 6.42 Å². The molecule has 1 aromatic rings. The van der Waals surface area contributed by atoms with Crippen molar-refractivity contribution in [3.05, 3.63) is 23.8 Å². The Kier molecular flexibility index (Phi) is 3.23. The molecule has 5 nitrogen and oxygen atoms in total. The molecular formula is C13H17N3O2. The van der Waals surface area contributed by atoms with Crippen LogP contribution in [0.2, 0.25) is 0 Å². The molecule has 0 aliphatic carbocycles. The normalized spacial score (nSPS) is 14.2. The van der Waals surface area contributed by atoms with Crippen molar-refractivity contribution >= 4 is 23.3 Å². The van der Waals surface area contributed by atoms with Crippen LogP contribution in [0.3, 0.4) is 0 Å². The first-order chi connectivity index (χ1) is 8.54. The van der Waals surface area contributed by atoms with Crippen LogP contribution in [0.5, 0.6) is 0 Å². The lowest BCUT2D eigenvalue weighted by molar-refractivity contribution is -0.118. The fraction of sp³-hybridized carbons (Fsp3) is 0.385. The molecular weight excluding hydrogens is 230 g/mol. The van der Waals surface area contributed by atoms with Gasteiger partial charge in [0, 0.05) is 38.9 Å². The average Bonchev–Trinajstić information content (AvgIpc) is 2.41. The van der Waals surface area contributed by atoms with Gasteiger partial charge in [-0.3, -0.25) is 9.69 Å². The third-order valence-corrected chi connectivity index (χ3v) is 3.31. The zero-order valence-corrected chi connectivity index (χ0v) is 10.9. The highest BCUT2D eigenvalue weighted by atomic mass is 16.2. The van der Waals surface area contributed by atoms with Gasteiger partial charge in [-0.2, -0.15) is 0 Å². The van der Waals surface area contributed by atoms with Crippen molar-refractivity contribution in [3.63, 3.8) is 0 Å². The highest BCUT2D eigenvalue weighted by Gasteiger charge is 2.21. The minimum Gasteiger partial charge on any atom is -0.341 e. The maximum Gasteiger partial charge on any atom is 0.321 e. The smallest absolute Gasteiger partial charge is 0.321 e. The standard InChI is InChI=1S/C13H17N3O2/c1-14-13(18)15(2)10-5-6-11-9(8-10)4-7-12(17)16(11)3/h5-6,8H,4,7H2,1-3H3,(H,14,18). The number of nitrogens with zero attached hydrogens (tertiary/aromatic N) is 2. The van der Waals surface area contributed by atoms with Gasteiger partial charge in [0.15, 0.2) is 0 Å². The van der Waals surface area contributed by atoms with Crippen LogP contribution in [-0.2, 0) is 11.2 Å². The van der Waals surface area contributed by atoms with Crippen LogP contribution in [0.4, 0.5) is 16.2 Å². The third kappa shape index (κ3) is 2.03. The summed E-state index contributed by atoms with van der Waals surface area (Å²) in [7, 11) is 5.10. The second-order valence-corrected chi connectivity index (χ2v) is 4.38. The molecule has 3 amide bonds. The monoisotopic (exact) mass is 247 g/mol. The molecule has 5 heteroatoms. The van der Waals surface area contributed by atoms with Crippen LogP contribution in [0.15, 0.2) is 18.2 Å². The molecule has 0 bridgehead atoms. The van der Waals surface area contributed by atoms with Crippen LogP contribution in [0.25, 0.3) is 0 Å². The maximum absolute atomic E-state index is 11.6. The summed E-state index contributed by atoms with van der Waals surface area (Å²) in [6.07, 6.45) is 1.25. The largest absolute Gasteiger partial charge is 0.341 e. The molecule has 0 saturated carbocycles. The summed E-state index contributed by atoms with van der Waals surface area (Å²) in [6.45, 7) is 0. The number of carbonyl (C=O) groups is 2. The van der Waals surface area contributed by atoms with Crippen LogP contribution in [0, 0.1) is 0 Å². The van der Waals surface area contributed by atoms with Crippen molar-refractivity contribution in [2.24, 2.45) is 0 Å². The lowest BCUT2D eigenvalue weighted by Crippen LogP contribution is -2.35. The summed E-state index contributed by atoms with van der Waals surface area (Å²) in [4.78, 5) is 26.3. The van der Waals surface area contributed by atoms with Crippen molar-refractivity contribution in [3.8, 4) is 0 Å². The Morgan fingerprint density at radius 3 is 2.78 bits per heavy atom. The maximum atomic E-state index is 11.6. The van der Waals surface area contributed by atoms with E-state index in [9.17, 15) is 9.59 Å². The van der Waals surface area contributed by atoms with Gasteiger partial charge in [-0.15, -0.1) is 0 Å². The molecule has 0 aromatic heterocycles. The fourth-order valence-corrected chi connectivity index (χ4v) is 2.14. The number of nitrogens with one attached hydrogen (secondary N) is 1. The Labute approximate surface area is 106 Å². The van der Waals surface area contributed by atoms with E-state index in [1.807, 2.05) is 18.2 Å². The lowest BCUT2D eigenvalue weighted by atomic mass is 10.0. The number of carbonyl (C=O) groups excluding carboxylic acids is 2. The SMILES string of the molecule is CNC(=O)N(C)c1ccc2c(c1)CCC(=O)N2C. The van der Waals surface area contributed by atoms with Crippen LogP contribution < -0.4 is 15.1 Å². The van der Waals surface area contributed by atoms with Crippen molar-refractivity contribution in [1.29, 1.82) is 0 Å². The molecule has 1 N–H and O–H groups in total. The summed E-state index contributed by atoms with van der Waals surface area (Å²) < 4.78 is 0. The number of aryl methyl sites for hydroxylation is 1. The first kappa shape index (κ1) is 12.4.